The molecule has 0 amide bonds. The second-order valence-corrected chi connectivity index (χ2v) is 6.71. The van der Waals surface area contributed by atoms with Crippen LogP contribution in [-0.2, 0) is 6.18 Å². The summed E-state index contributed by atoms with van der Waals surface area (Å²) in [6.07, 6.45) is 0.447. The summed E-state index contributed by atoms with van der Waals surface area (Å²) in [5.41, 5.74) is -1.60. The summed E-state index contributed by atoms with van der Waals surface area (Å²) in [6, 6.07) is 4.66. The standard InChI is InChI=1S/C19H17F3N6O/c20-19(21,22)14-10-26-18(27-11-4-3-6-23-8-11)28-15(14)13-9-25-16-12(13)5-1-2-7-24-17(16)29/h1-2,5,7,9-11,23H,3-4,6,8H2,(H,26,27,28). The molecule has 1 aromatic rings. The predicted octanol–water partition coefficient (Wildman–Crippen LogP) is 2.58. The van der Waals surface area contributed by atoms with Gasteiger partial charge in [-0.25, -0.2) is 19.9 Å². The van der Waals surface area contributed by atoms with E-state index in [1.807, 2.05) is 0 Å². The average Bonchev–Trinajstić information content (AvgIpc) is 3.09. The largest absolute Gasteiger partial charge is 0.419 e. The molecule has 7 nitrogen and oxygen atoms in total. The van der Waals surface area contributed by atoms with Gasteiger partial charge in [-0.2, -0.15) is 13.2 Å². The van der Waals surface area contributed by atoms with Crippen LogP contribution < -0.4 is 16.2 Å². The van der Waals surface area contributed by atoms with Crippen molar-refractivity contribution < 1.29 is 13.2 Å². The average molecular weight is 402 g/mol. The van der Waals surface area contributed by atoms with E-state index in [9.17, 15) is 18.0 Å². The number of anilines is 1. The lowest BCUT2D eigenvalue weighted by Crippen LogP contribution is -2.38. The summed E-state index contributed by atoms with van der Waals surface area (Å²) in [5, 5.41) is 6.31. The second kappa shape index (κ2) is 7.70. The Morgan fingerprint density at radius 3 is 2.69 bits per heavy atom. The molecule has 1 unspecified atom stereocenters. The molecule has 3 aliphatic heterocycles. The van der Waals surface area contributed by atoms with Gasteiger partial charge in [0.25, 0.3) is 5.56 Å². The number of aromatic nitrogens is 4. The highest BCUT2D eigenvalue weighted by Gasteiger charge is 2.36. The lowest BCUT2D eigenvalue weighted by atomic mass is 10.0. The zero-order valence-corrected chi connectivity index (χ0v) is 15.2. The van der Waals surface area contributed by atoms with Gasteiger partial charge in [0.05, 0.1) is 5.69 Å². The molecule has 0 radical (unpaired) electrons. The van der Waals surface area contributed by atoms with Gasteiger partial charge < -0.3 is 10.6 Å². The minimum Gasteiger partial charge on any atom is -0.350 e. The smallest absolute Gasteiger partial charge is 0.350 e. The van der Waals surface area contributed by atoms with Gasteiger partial charge in [0, 0.05) is 42.3 Å². The number of hydrogen-bond acceptors (Lipinski definition) is 7. The Kier molecular flexibility index (Phi) is 5.10. The van der Waals surface area contributed by atoms with E-state index in [-0.39, 0.29) is 34.5 Å². The second-order valence-electron chi connectivity index (χ2n) is 6.71. The third kappa shape index (κ3) is 4.02. The van der Waals surface area contributed by atoms with Crippen LogP contribution in [0.1, 0.15) is 18.4 Å². The normalized spacial score (nSPS) is 17.3. The van der Waals surface area contributed by atoms with Gasteiger partial charge >= 0.3 is 6.18 Å². The summed E-state index contributed by atoms with van der Waals surface area (Å²) in [7, 11) is 0. The van der Waals surface area contributed by atoms with Crippen molar-refractivity contribution in [2.75, 3.05) is 18.4 Å². The fourth-order valence-corrected chi connectivity index (χ4v) is 3.32. The quantitative estimate of drug-likeness (QED) is 0.696. The van der Waals surface area contributed by atoms with E-state index in [0.717, 1.165) is 25.6 Å². The van der Waals surface area contributed by atoms with Crippen LogP contribution in [0.25, 0.3) is 22.5 Å². The molecule has 0 aromatic carbocycles. The molecule has 1 atom stereocenters. The molecule has 3 aliphatic rings. The monoisotopic (exact) mass is 402 g/mol. The van der Waals surface area contributed by atoms with Gasteiger partial charge in [0.1, 0.15) is 11.3 Å². The highest BCUT2D eigenvalue weighted by molar-refractivity contribution is 5.82. The van der Waals surface area contributed by atoms with Crippen molar-refractivity contribution in [1.29, 1.82) is 0 Å². The number of nitrogens with zero attached hydrogens (tertiary/aromatic N) is 4. The Hall–Kier alpha value is -3.14. The lowest BCUT2D eigenvalue weighted by Gasteiger charge is -2.24. The summed E-state index contributed by atoms with van der Waals surface area (Å²) in [4.78, 5) is 27.8. The molecular formula is C19H17F3N6O. The number of halogens is 3. The molecule has 0 saturated carbocycles. The van der Waals surface area contributed by atoms with Crippen LogP contribution >= 0.6 is 0 Å². The van der Waals surface area contributed by atoms with Crippen molar-refractivity contribution in [2.45, 2.75) is 25.1 Å². The van der Waals surface area contributed by atoms with Crippen LogP contribution in [0.3, 0.4) is 0 Å². The Balaban J connectivity index is 1.83. The number of fused-ring (bicyclic) bond motifs is 1. The van der Waals surface area contributed by atoms with Gasteiger partial charge in [-0.1, -0.05) is 12.1 Å². The summed E-state index contributed by atoms with van der Waals surface area (Å²) >= 11 is 0. The highest BCUT2D eigenvalue weighted by Crippen LogP contribution is 2.39. The third-order valence-electron chi connectivity index (χ3n) is 4.70. The van der Waals surface area contributed by atoms with Crippen LogP contribution in [-0.4, -0.2) is 39.1 Å². The summed E-state index contributed by atoms with van der Waals surface area (Å²) < 4.78 is 40.9. The van der Waals surface area contributed by atoms with Gasteiger partial charge in [-0.05, 0) is 25.5 Å². The fraction of sp³-hybridized carbons (Fsp3) is 0.316. The van der Waals surface area contributed by atoms with Crippen LogP contribution in [0.5, 0.6) is 0 Å². The first-order valence-corrected chi connectivity index (χ1v) is 9.09. The molecule has 0 bridgehead atoms. The molecule has 1 aromatic heterocycles. The summed E-state index contributed by atoms with van der Waals surface area (Å²) in [6.45, 7) is 1.58. The predicted molar refractivity (Wildman–Crippen MR) is 100 cm³/mol. The first kappa shape index (κ1) is 19.2. The maximum atomic E-state index is 13.6. The molecule has 0 aliphatic carbocycles. The zero-order valence-electron chi connectivity index (χ0n) is 15.2. The topological polar surface area (TPSA) is 92.7 Å². The Bertz CT molecular complexity index is 1050. The van der Waals surface area contributed by atoms with Gasteiger partial charge in [0.15, 0.2) is 0 Å². The molecule has 10 heteroatoms. The van der Waals surface area contributed by atoms with E-state index < -0.39 is 17.3 Å². The zero-order chi connectivity index (χ0) is 20.4. The van der Waals surface area contributed by atoms with Gasteiger partial charge in [-0.15, -0.1) is 0 Å². The van der Waals surface area contributed by atoms with E-state index in [4.69, 9.17) is 0 Å². The van der Waals surface area contributed by atoms with Crippen molar-refractivity contribution in [3.8, 4) is 22.5 Å². The molecule has 4 heterocycles. The fourth-order valence-electron chi connectivity index (χ4n) is 3.32. The molecule has 0 spiro atoms. The van der Waals surface area contributed by atoms with E-state index in [0.29, 0.717) is 6.54 Å². The maximum Gasteiger partial charge on any atom is 0.419 e. The lowest BCUT2D eigenvalue weighted by molar-refractivity contribution is -0.137. The number of alkyl halides is 3. The van der Waals surface area contributed by atoms with Crippen molar-refractivity contribution >= 4 is 5.95 Å². The molecule has 1 fully saturated rings. The number of piperidine rings is 1. The number of nitrogens with one attached hydrogen (secondary N) is 2. The first-order chi connectivity index (χ1) is 13.9. The Labute approximate surface area is 163 Å². The molecule has 150 valence electrons. The van der Waals surface area contributed by atoms with Crippen LogP contribution in [0.4, 0.5) is 19.1 Å². The van der Waals surface area contributed by atoms with E-state index in [1.165, 1.54) is 24.5 Å². The highest BCUT2D eigenvalue weighted by atomic mass is 19.4. The SMILES string of the molecule is O=c1nccccc2c(-c3nc(NC4CCCNC4)ncc3C(F)(F)F)cnc1-2. The van der Waals surface area contributed by atoms with E-state index >= 15 is 0 Å². The maximum absolute atomic E-state index is 13.6. The summed E-state index contributed by atoms with van der Waals surface area (Å²) in [5.74, 6) is 0.0994. The molecule has 1 saturated heterocycles. The number of rotatable bonds is 3. The van der Waals surface area contributed by atoms with E-state index in [1.54, 1.807) is 6.07 Å². The molecular weight excluding hydrogens is 385 g/mol. The molecule has 2 N–H and O–H groups in total. The van der Waals surface area contributed by atoms with E-state index in [2.05, 4.69) is 30.6 Å². The van der Waals surface area contributed by atoms with Crippen LogP contribution in [0.2, 0.25) is 0 Å². The molecule has 29 heavy (non-hydrogen) atoms. The van der Waals surface area contributed by atoms with Crippen molar-refractivity contribution in [2.24, 2.45) is 0 Å². The minimum absolute atomic E-state index is 0.0154. The van der Waals surface area contributed by atoms with Crippen LogP contribution in [0.15, 0.2) is 41.6 Å². The van der Waals surface area contributed by atoms with Gasteiger partial charge in [-0.3, -0.25) is 4.79 Å². The number of hydrogen-bond donors (Lipinski definition) is 2. The van der Waals surface area contributed by atoms with Crippen molar-refractivity contribution in [1.82, 2.24) is 25.3 Å². The first-order valence-electron chi connectivity index (χ1n) is 9.09. The van der Waals surface area contributed by atoms with Crippen molar-refractivity contribution in [3.63, 3.8) is 0 Å². The van der Waals surface area contributed by atoms with Gasteiger partial charge in [0.2, 0.25) is 5.95 Å². The molecule has 4 rings (SSSR count). The van der Waals surface area contributed by atoms with Crippen LogP contribution in [0, 0.1) is 0 Å². The van der Waals surface area contributed by atoms with Crippen molar-refractivity contribution in [3.05, 3.63) is 52.7 Å². The Morgan fingerprint density at radius 1 is 1.07 bits per heavy atom. The Morgan fingerprint density at radius 2 is 1.93 bits per heavy atom. The third-order valence-corrected chi connectivity index (χ3v) is 4.70. The minimum atomic E-state index is -4.66.